The van der Waals surface area contributed by atoms with E-state index < -0.39 is 5.67 Å². The zero-order chi connectivity index (χ0) is 10.8. The van der Waals surface area contributed by atoms with Gasteiger partial charge in [0.05, 0.1) is 0 Å². The second-order valence-corrected chi connectivity index (χ2v) is 6.10. The van der Waals surface area contributed by atoms with Crippen LogP contribution in [0, 0.1) is 5.41 Å². The van der Waals surface area contributed by atoms with Gasteiger partial charge in [-0.2, -0.15) is 0 Å². The van der Waals surface area contributed by atoms with Crippen molar-refractivity contribution in [2.24, 2.45) is 5.41 Å². The normalized spacial score (nSPS) is 30.6. The summed E-state index contributed by atoms with van der Waals surface area (Å²) in [5, 5.41) is 0. The Balaban J connectivity index is 2.32. The number of piperidine rings is 1. The van der Waals surface area contributed by atoms with Gasteiger partial charge in [-0.25, -0.2) is 4.39 Å². The fraction of sp³-hybridized carbons (Fsp3) is 1.00. The van der Waals surface area contributed by atoms with Crippen LogP contribution in [0.3, 0.4) is 0 Å². The third kappa shape index (κ3) is 4.41. The fourth-order valence-corrected chi connectivity index (χ4v) is 1.98. The predicted octanol–water partition coefficient (Wildman–Crippen LogP) is 3.25. The Kier molecular flexibility index (Phi) is 3.57. The van der Waals surface area contributed by atoms with Crippen molar-refractivity contribution in [2.75, 3.05) is 19.6 Å². The van der Waals surface area contributed by atoms with Crippen LogP contribution in [0.4, 0.5) is 4.39 Å². The summed E-state index contributed by atoms with van der Waals surface area (Å²) in [4.78, 5) is 2.27. The molecule has 1 unspecified atom stereocenters. The Hall–Kier alpha value is -0.110. The van der Waals surface area contributed by atoms with E-state index >= 15 is 0 Å². The summed E-state index contributed by atoms with van der Waals surface area (Å²) >= 11 is 0. The van der Waals surface area contributed by atoms with E-state index in [2.05, 4.69) is 25.7 Å². The first-order valence-corrected chi connectivity index (χ1v) is 5.70. The average Bonchev–Trinajstić information content (AvgIpc) is 1.98. The summed E-state index contributed by atoms with van der Waals surface area (Å²) in [5.74, 6) is 0. The van der Waals surface area contributed by atoms with Gasteiger partial charge in [-0.3, -0.25) is 0 Å². The zero-order valence-corrected chi connectivity index (χ0v) is 10.1. The van der Waals surface area contributed by atoms with Crippen molar-refractivity contribution in [3.8, 4) is 0 Å². The Labute approximate surface area is 87.7 Å². The molecule has 1 fully saturated rings. The Morgan fingerprint density at radius 3 is 2.50 bits per heavy atom. The standard InChI is InChI=1S/C12H24FN/c1-11(2,3)7-9-14-8-5-6-12(4,13)10-14/h5-10H2,1-4H3. The molecule has 1 nitrogen and oxygen atoms in total. The van der Waals surface area contributed by atoms with Crippen molar-refractivity contribution in [3.05, 3.63) is 0 Å². The summed E-state index contributed by atoms with van der Waals surface area (Å²) in [6, 6.07) is 0. The number of halogens is 1. The van der Waals surface area contributed by atoms with Gasteiger partial charge in [-0.15, -0.1) is 0 Å². The molecule has 0 aliphatic carbocycles. The first-order valence-electron chi connectivity index (χ1n) is 5.70. The first kappa shape index (κ1) is 12.0. The van der Waals surface area contributed by atoms with Crippen LogP contribution in [0.25, 0.3) is 0 Å². The molecule has 0 N–H and O–H groups in total. The van der Waals surface area contributed by atoms with Crippen LogP contribution in [-0.4, -0.2) is 30.2 Å². The van der Waals surface area contributed by atoms with Gasteiger partial charge in [0.25, 0.3) is 0 Å². The smallest absolute Gasteiger partial charge is 0.120 e. The lowest BCUT2D eigenvalue weighted by Gasteiger charge is -2.36. The van der Waals surface area contributed by atoms with Crippen molar-refractivity contribution in [1.82, 2.24) is 4.90 Å². The fourth-order valence-electron chi connectivity index (χ4n) is 1.98. The summed E-state index contributed by atoms with van der Waals surface area (Å²) in [6.45, 7) is 11.2. The minimum atomic E-state index is -0.948. The number of hydrogen-bond acceptors (Lipinski definition) is 1. The van der Waals surface area contributed by atoms with Crippen LogP contribution in [0.1, 0.15) is 47.0 Å². The second kappa shape index (κ2) is 4.18. The van der Waals surface area contributed by atoms with Gasteiger partial charge >= 0.3 is 0 Å². The molecule has 14 heavy (non-hydrogen) atoms. The molecule has 1 aliphatic heterocycles. The van der Waals surface area contributed by atoms with Crippen LogP contribution in [0.15, 0.2) is 0 Å². The first-order chi connectivity index (χ1) is 6.29. The Morgan fingerprint density at radius 2 is 2.00 bits per heavy atom. The third-order valence-corrected chi connectivity index (χ3v) is 2.90. The molecule has 0 radical (unpaired) electrons. The van der Waals surface area contributed by atoms with Crippen molar-refractivity contribution in [1.29, 1.82) is 0 Å². The van der Waals surface area contributed by atoms with Crippen molar-refractivity contribution in [3.63, 3.8) is 0 Å². The maximum atomic E-state index is 13.7. The summed E-state index contributed by atoms with van der Waals surface area (Å²) < 4.78 is 13.7. The van der Waals surface area contributed by atoms with Crippen molar-refractivity contribution < 1.29 is 4.39 Å². The molecule has 1 atom stereocenters. The number of rotatable bonds is 2. The van der Waals surface area contributed by atoms with Gasteiger partial charge in [0, 0.05) is 6.54 Å². The highest BCUT2D eigenvalue weighted by molar-refractivity contribution is 4.83. The topological polar surface area (TPSA) is 3.24 Å². The summed E-state index contributed by atoms with van der Waals surface area (Å²) in [5.41, 5.74) is -0.583. The third-order valence-electron chi connectivity index (χ3n) is 2.90. The number of likely N-dealkylation sites (tertiary alicyclic amines) is 1. The molecule has 0 bridgehead atoms. The molecular formula is C12H24FN. The molecule has 0 aromatic carbocycles. The largest absolute Gasteiger partial charge is 0.300 e. The van der Waals surface area contributed by atoms with Gasteiger partial charge in [-0.05, 0) is 44.7 Å². The number of nitrogens with zero attached hydrogens (tertiary/aromatic N) is 1. The van der Waals surface area contributed by atoms with E-state index in [1.165, 1.54) is 0 Å². The molecule has 0 amide bonds. The molecule has 84 valence electrons. The predicted molar refractivity (Wildman–Crippen MR) is 59.3 cm³/mol. The van der Waals surface area contributed by atoms with E-state index in [0.29, 0.717) is 12.0 Å². The quantitative estimate of drug-likeness (QED) is 0.663. The molecule has 1 rings (SSSR count). The van der Waals surface area contributed by atoms with Crippen LogP contribution < -0.4 is 0 Å². The second-order valence-electron chi connectivity index (χ2n) is 6.10. The lowest BCUT2D eigenvalue weighted by atomic mass is 9.90. The van der Waals surface area contributed by atoms with Gasteiger partial charge in [0.2, 0.25) is 0 Å². The molecule has 0 saturated carbocycles. The Bertz CT molecular complexity index is 181. The number of hydrogen-bond donors (Lipinski definition) is 0. The van der Waals surface area contributed by atoms with Crippen LogP contribution in [-0.2, 0) is 0 Å². The van der Waals surface area contributed by atoms with E-state index in [0.717, 1.165) is 32.4 Å². The van der Waals surface area contributed by atoms with Crippen LogP contribution in [0.5, 0.6) is 0 Å². The van der Waals surface area contributed by atoms with E-state index in [9.17, 15) is 4.39 Å². The van der Waals surface area contributed by atoms with E-state index in [4.69, 9.17) is 0 Å². The Morgan fingerprint density at radius 1 is 1.36 bits per heavy atom. The minimum Gasteiger partial charge on any atom is -0.300 e. The SMILES string of the molecule is CC(C)(C)CCN1CCCC(C)(F)C1. The summed E-state index contributed by atoms with van der Waals surface area (Å²) in [7, 11) is 0. The maximum absolute atomic E-state index is 13.7. The molecule has 0 aromatic heterocycles. The average molecular weight is 201 g/mol. The van der Waals surface area contributed by atoms with Gasteiger partial charge in [0.15, 0.2) is 0 Å². The van der Waals surface area contributed by atoms with E-state index in [-0.39, 0.29) is 0 Å². The van der Waals surface area contributed by atoms with Crippen molar-refractivity contribution in [2.45, 2.75) is 52.6 Å². The molecule has 2 heteroatoms. The lowest BCUT2D eigenvalue weighted by Crippen LogP contribution is -2.44. The highest BCUT2D eigenvalue weighted by Gasteiger charge is 2.30. The maximum Gasteiger partial charge on any atom is 0.120 e. The zero-order valence-electron chi connectivity index (χ0n) is 10.1. The minimum absolute atomic E-state index is 0.365. The highest BCUT2D eigenvalue weighted by atomic mass is 19.1. The molecule has 1 aliphatic rings. The van der Waals surface area contributed by atoms with E-state index in [1.807, 2.05) is 0 Å². The van der Waals surface area contributed by atoms with E-state index in [1.54, 1.807) is 6.92 Å². The lowest BCUT2D eigenvalue weighted by molar-refractivity contribution is 0.0546. The van der Waals surface area contributed by atoms with Gasteiger partial charge in [-0.1, -0.05) is 20.8 Å². The summed E-state index contributed by atoms with van der Waals surface area (Å²) in [6.07, 6.45) is 2.90. The van der Waals surface area contributed by atoms with Gasteiger partial charge in [0.1, 0.15) is 5.67 Å². The monoisotopic (exact) mass is 201 g/mol. The van der Waals surface area contributed by atoms with Crippen LogP contribution in [0.2, 0.25) is 0 Å². The van der Waals surface area contributed by atoms with Crippen LogP contribution >= 0.6 is 0 Å². The number of alkyl halides is 1. The molecule has 1 heterocycles. The molecule has 0 spiro atoms. The molecular weight excluding hydrogens is 177 g/mol. The molecule has 1 saturated heterocycles. The highest BCUT2D eigenvalue weighted by Crippen LogP contribution is 2.26. The molecule has 0 aromatic rings. The van der Waals surface area contributed by atoms with Crippen molar-refractivity contribution >= 4 is 0 Å². The van der Waals surface area contributed by atoms with Gasteiger partial charge < -0.3 is 4.90 Å².